The lowest BCUT2D eigenvalue weighted by Gasteiger charge is -2.35. The zero-order valence-corrected chi connectivity index (χ0v) is 12.9. The summed E-state index contributed by atoms with van der Waals surface area (Å²) in [6, 6.07) is 6.16. The van der Waals surface area contributed by atoms with Gasteiger partial charge in [-0.3, -0.25) is 9.69 Å². The third-order valence-electron chi connectivity index (χ3n) is 4.24. The second kappa shape index (κ2) is 7.56. The maximum Gasteiger partial charge on any atom is 0.234 e. The number of anilines is 1. The molecule has 120 valence electrons. The third kappa shape index (κ3) is 4.18. The van der Waals surface area contributed by atoms with Crippen molar-refractivity contribution in [2.75, 3.05) is 50.8 Å². The van der Waals surface area contributed by atoms with Crippen molar-refractivity contribution in [1.82, 2.24) is 15.2 Å². The Kier molecular flexibility index (Phi) is 5.24. The Balaban J connectivity index is 1.41. The molecule has 22 heavy (non-hydrogen) atoms. The number of rotatable bonds is 4. The Morgan fingerprint density at radius 3 is 2.86 bits per heavy atom. The van der Waals surface area contributed by atoms with Gasteiger partial charge in [-0.1, -0.05) is 6.07 Å². The zero-order chi connectivity index (χ0) is 15.2. The molecule has 0 spiro atoms. The van der Waals surface area contributed by atoms with Crippen molar-refractivity contribution < 1.29 is 9.53 Å². The average molecular weight is 304 g/mol. The van der Waals surface area contributed by atoms with E-state index in [0.29, 0.717) is 13.2 Å². The van der Waals surface area contributed by atoms with E-state index in [1.807, 2.05) is 24.4 Å². The van der Waals surface area contributed by atoms with Crippen LogP contribution in [0.1, 0.15) is 12.8 Å². The van der Waals surface area contributed by atoms with Gasteiger partial charge in [0.1, 0.15) is 5.82 Å². The van der Waals surface area contributed by atoms with Crippen LogP contribution in [-0.2, 0) is 9.53 Å². The van der Waals surface area contributed by atoms with E-state index in [4.69, 9.17) is 4.74 Å². The summed E-state index contributed by atoms with van der Waals surface area (Å²) in [6.07, 6.45) is 3.88. The Labute approximate surface area is 131 Å². The lowest BCUT2D eigenvalue weighted by Crippen LogP contribution is -2.51. The van der Waals surface area contributed by atoms with Crippen LogP contribution in [0.5, 0.6) is 0 Å². The van der Waals surface area contributed by atoms with Gasteiger partial charge in [0.25, 0.3) is 0 Å². The van der Waals surface area contributed by atoms with Gasteiger partial charge < -0.3 is 15.0 Å². The lowest BCUT2D eigenvalue weighted by atomic mass is 10.1. The number of carbonyl (C=O) groups excluding carboxylic acids is 1. The SMILES string of the molecule is O=C(CN1CCN(c2ccccn2)CC1)N[C@@H]1CCCOC1. The van der Waals surface area contributed by atoms with Crippen LogP contribution in [-0.4, -0.2) is 67.8 Å². The molecule has 1 N–H and O–H groups in total. The van der Waals surface area contributed by atoms with Crippen LogP contribution < -0.4 is 10.2 Å². The fraction of sp³-hybridized carbons (Fsp3) is 0.625. The molecule has 2 fully saturated rings. The Bertz CT molecular complexity index is 468. The average Bonchev–Trinajstić information content (AvgIpc) is 2.57. The molecular weight excluding hydrogens is 280 g/mol. The molecule has 2 saturated heterocycles. The molecule has 0 unspecified atom stereocenters. The van der Waals surface area contributed by atoms with Crippen molar-refractivity contribution in [2.24, 2.45) is 0 Å². The molecule has 2 aliphatic heterocycles. The van der Waals surface area contributed by atoms with Gasteiger partial charge in [0.2, 0.25) is 5.91 Å². The standard InChI is InChI=1S/C16H24N4O2/c21-16(18-14-4-3-11-22-13-14)12-19-7-9-20(10-8-19)15-5-1-2-6-17-15/h1-2,5-6,14H,3-4,7-13H2,(H,18,21)/t14-/m1/s1. The molecule has 3 rings (SSSR count). The summed E-state index contributed by atoms with van der Waals surface area (Å²) in [7, 11) is 0. The molecule has 1 aromatic rings. The molecule has 1 aromatic heterocycles. The fourth-order valence-electron chi connectivity index (χ4n) is 3.01. The fourth-order valence-corrected chi connectivity index (χ4v) is 3.01. The lowest BCUT2D eigenvalue weighted by molar-refractivity contribution is -0.124. The largest absolute Gasteiger partial charge is 0.379 e. The summed E-state index contributed by atoms with van der Waals surface area (Å²) in [4.78, 5) is 21.0. The highest BCUT2D eigenvalue weighted by molar-refractivity contribution is 5.78. The second-order valence-electron chi connectivity index (χ2n) is 5.93. The van der Waals surface area contributed by atoms with Crippen molar-refractivity contribution in [3.05, 3.63) is 24.4 Å². The van der Waals surface area contributed by atoms with Crippen LogP contribution >= 0.6 is 0 Å². The normalized spacial score (nSPS) is 23.3. The van der Waals surface area contributed by atoms with Crippen molar-refractivity contribution in [3.63, 3.8) is 0 Å². The first kappa shape index (κ1) is 15.2. The molecule has 6 heteroatoms. The number of nitrogens with one attached hydrogen (secondary N) is 1. The van der Waals surface area contributed by atoms with E-state index in [9.17, 15) is 4.79 Å². The molecule has 0 aliphatic carbocycles. The number of ether oxygens (including phenoxy) is 1. The van der Waals surface area contributed by atoms with Gasteiger partial charge in [-0.25, -0.2) is 4.98 Å². The van der Waals surface area contributed by atoms with Crippen LogP contribution in [0.15, 0.2) is 24.4 Å². The summed E-state index contributed by atoms with van der Waals surface area (Å²) in [6.45, 7) is 5.57. The molecule has 3 heterocycles. The van der Waals surface area contributed by atoms with E-state index >= 15 is 0 Å². The van der Waals surface area contributed by atoms with Gasteiger partial charge in [0.05, 0.1) is 19.2 Å². The molecule has 6 nitrogen and oxygen atoms in total. The topological polar surface area (TPSA) is 57.7 Å². The number of amides is 1. The van der Waals surface area contributed by atoms with Gasteiger partial charge >= 0.3 is 0 Å². The second-order valence-corrected chi connectivity index (χ2v) is 5.93. The summed E-state index contributed by atoms with van der Waals surface area (Å²) in [5, 5.41) is 3.08. The summed E-state index contributed by atoms with van der Waals surface area (Å²) >= 11 is 0. The van der Waals surface area contributed by atoms with E-state index in [1.165, 1.54) is 0 Å². The maximum absolute atomic E-state index is 12.1. The zero-order valence-electron chi connectivity index (χ0n) is 12.9. The molecule has 1 amide bonds. The number of pyridine rings is 1. The molecule has 0 radical (unpaired) electrons. The molecule has 1 atom stereocenters. The number of carbonyl (C=O) groups is 1. The highest BCUT2D eigenvalue weighted by Crippen LogP contribution is 2.12. The van der Waals surface area contributed by atoms with Crippen LogP contribution in [0.4, 0.5) is 5.82 Å². The third-order valence-corrected chi connectivity index (χ3v) is 4.24. The summed E-state index contributed by atoms with van der Waals surface area (Å²) in [5.74, 6) is 1.13. The predicted molar refractivity (Wildman–Crippen MR) is 84.9 cm³/mol. The Morgan fingerprint density at radius 2 is 2.18 bits per heavy atom. The Hall–Kier alpha value is -1.66. The highest BCUT2D eigenvalue weighted by Gasteiger charge is 2.21. The molecule has 0 bridgehead atoms. The first-order valence-electron chi connectivity index (χ1n) is 8.07. The number of hydrogen-bond donors (Lipinski definition) is 1. The van der Waals surface area contributed by atoms with Crippen LogP contribution in [0.2, 0.25) is 0 Å². The minimum absolute atomic E-state index is 0.113. The number of piperazine rings is 1. The first-order chi connectivity index (χ1) is 10.8. The van der Waals surface area contributed by atoms with Crippen molar-refractivity contribution in [3.8, 4) is 0 Å². The quantitative estimate of drug-likeness (QED) is 0.878. The number of aromatic nitrogens is 1. The number of nitrogens with zero attached hydrogens (tertiary/aromatic N) is 3. The van der Waals surface area contributed by atoms with Crippen molar-refractivity contribution >= 4 is 11.7 Å². The first-order valence-corrected chi connectivity index (χ1v) is 8.07. The minimum Gasteiger partial charge on any atom is -0.379 e. The van der Waals surface area contributed by atoms with E-state index in [-0.39, 0.29) is 11.9 Å². The van der Waals surface area contributed by atoms with E-state index in [1.54, 1.807) is 0 Å². The van der Waals surface area contributed by atoms with Gasteiger partial charge in [-0.15, -0.1) is 0 Å². The van der Waals surface area contributed by atoms with E-state index in [2.05, 4.69) is 20.1 Å². The van der Waals surface area contributed by atoms with Gasteiger partial charge in [0.15, 0.2) is 0 Å². The van der Waals surface area contributed by atoms with E-state index < -0.39 is 0 Å². The number of hydrogen-bond acceptors (Lipinski definition) is 5. The molecular formula is C16H24N4O2. The molecule has 0 aromatic carbocycles. The monoisotopic (exact) mass is 304 g/mol. The molecule has 2 aliphatic rings. The summed E-state index contributed by atoms with van der Waals surface area (Å²) in [5.41, 5.74) is 0. The smallest absolute Gasteiger partial charge is 0.234 e. The highest BCUT2D eigenvalue weighted by atomic mass is 16.5. The minimum atomic E-state index is 0.113. The van der Waals surface area contributed by atoms with E-state index in [0.717, 1.165) is 51.4 Å². The van der Waals surface area contributed by atoms with Gasteiger partial charge in [-0.05, 0) is 25.0 Å². The maximum atomic E-state index is 12.1. The predicted octanol–water partition coefficient (Wildman–Crippen LogP) is 0.499. The van der Waals surface area contributed by atoms with Gasteiger partial charge in [-0.2, -0.15) is 0 Å². The van der Waals surface area contributed by atoms with Crippen molar-refractivity contribution in [1.29, 1.82) is 0 Å². The van der Waals surface area contributed by atoms with Crippen LogP contribution in [0.25, 0.3) is 0 Å². The van der Waals surface area contributed by atoms with Crippen molar-refractivity contribution in [2.45, 2.75) is 18.9 Å². The summed E-state index contributed by atoms with van der Waals surface area (Å²) < 4.78 is 5.39. The van der Waals surface area contributed by atoms with Gasteiger partial charge in [0, 0.05) is 39.0 Å². The van der Waals surface area contributed by atoms with Crippen LogP contribution in [0, 0.1) is 0 Å². The molecule has 0 saturated carbocycles. The van der Waals surface area contributed by atoms with Crippen LogP contribution in [0.3, 0.4) is 0 Å². The Morgan fingerprint density at radius 1 is 1.32 bits per heavy atom.